The van der Waals surface area contributed by atoms with Crippen molar-refractivity contribution in [2.24, 2.45) is 5.92 Å². The van der Waals surface area contributed by atoms with E-state index in [-0.39, 0.29) is 0 Å². The normalized spacial score (nSPS) is 23.2. The van der Waals surface area contributed by atoms with Crippen LogP contribution in [0.5, 0.6) is 0 Å². The number of sulfonamides is 1. The summed E-state index contributed by atoms with van der Waals surface area (Å²) in [6, 6.07) is 7.10. The molecule has 0 saturated carbocycles. The number of nitrogens with zero attached hydrogens (tertiary/aromatic N) is 1. The van der Waals surface area contributed by atoms with E-state index in [4.69, 9.17) is 0 Å². The molecule has 1 fully saturated rings. The fourth-order valence-corrected chi connectivity index (χ4v) is 4.27. The summed E-state index contributed by atoms with van der Waals surface area (Å²) in [7, 11) is -3.36. The summed E-state index contributed by atoms with van der Waals surface area (Å²) in [5.41, 5.74) is 2.32. The van der Waals surface area contributed by atoms with Crippen molar-refractivity contribution in [3.05, 3.63) is 53.6 Å². The first-order chi connectivity index (χ1) is 9.57. The molecule has 1 unspecified atom stereocenters. The first-order valence-electron chi connectivity index (χ1n) is 7.00. The van der Waals surface area contributed by atoms with E-state index in [0.29, 0.717) is 23.9 Å². The molecule has 0 amide bonds. The van der Waals surface area contributed by atoms with Gasteiger partial charge in [0.25, 0.3) is 0 Å². The number of fused-ring (bicyclic) bond motifs is 1. The number of aryl methyl sites for hydroxylation is 1. The predicted molar refractivity (Wildman–Crippen MR) is 79.9 cm³/mol. The van der Waals surface area contributed by atoms with Gasteiger partial charge in [-0.2, -0.15) is 4.31 Å². The Bertz CT molecular complexity index is 656. The standard InChI is InChI=1S/C16H19NO2S/c1-13-6-8-16(9-7-13)20(18,19)17-11-10-14-4-2-3-5-15(14)12-17/h2,4-9,14H,3,10-12H2,1H3. The molecule has 0 aromatic heterocycles. The van der Waals surface area contributed by atoms with Crippen LogP contribution in [0.15, 0.2) is 53.0 Å². The van der Waals surface area contributed by atoms with Gasteiger partial charge in [-0.1, -0.05) is 41.5 Å². The summed E-state index contributed by atoms with van der Waals surface area (Å²) in [6.45, 7) is 3.09. The number of rotatable bonds is 2. The highest BCUT2D eigenvalue weighted by Gasteiger charge is 2.31. The lowest BCUT2D eigenvalue weighted by molar-refractivity contribution is 0.363. The van der Waals surface area contributed by atoms with Gasteiger partial charge in [-0.25, -0.2) is 8.42 Å². The second-order valence-electron chi connectivity index (χ2n) is 5.49. The van der Waals surface area contributed by atoms with E-state index in [2.05, 4.69) is 18.2 Å². The van der Waals surface area contributed by atoms with Crippen LogP contribution in [0, 0.1) is 12.8 Å². The summed E-state index contributed by atoms with van der Waals surface area (Å²) < 4.78 is 26.9. The minimum atomic E-state index is -3.36. The van der Waals surface area contributed by atoms with Crippen LogP contribution in [0.25, 0.3) is 0 Å². The number of benzene rings is 1. The second-order valence-corrected chi connectivity index (χ2v) is 7.43. The van der Waals surface area contributed by atoms with Crippen LogP contribution in [-0.4, -0.2) is 25.8 Å². The zero-order valence-corrected chi connectivity index (χ0v) is 12.4. The lowest BCUT2D eigenvalue weighted by Gasteiger charge is -2.33. The highest BCUT2D eigenvalue weighted by molar-refractivity contribution is 7.89. The van der Waals surface area contributed by atoms with Gasteiger partial charge in [-0.05, 0) is 31.9 Å². The lowest BCUT2D eigenvalue weighted by atomic mass is 9.88. The van der Waals surface area contributed by atoms with Gasteiger partial charge < -0.3 is 0 Å². The third-order valence-corrected chi connectivity index (χ3v) is 5.93. The summed E-state index contributed by atoms with van der Waals surface area (Å²) >= 11 is 0. The van der Waals surface area contributed by atoms with Gasteiger partial charge >= 0.3 is 0 Å². The second kappa shape index (κ2) is 5.19. The van der Waals surface area contributed by atoms with E-state index >= 15 is 0 Å². The summed E-state index contributed by atoms with van der Waals surface area (Å²) in [6.07, 6.45) is 8.35. The summed E-state index contributed by atoms with van der Waals surface area (Å²) in [4.78, 5) is 0.397. The molecule has 20 heavy (non-hydrogen) atoms. The Balaban J connectivity index is 1.85. The highest BCUT2D eigenvalue weighted by atomic mass is 32.2. The maximum absolute atomic E-state index is 12.7. The Morgan fingerprint density at radius 3 is 2.70 bits per heavy atom. The Morgan fingerprint density at radius 2 is 1.95 bits per heavy atom. The predicted octanol–water partition coefficient (Wildman–Crippen LogP) is 2.89. The van der Waals surface area contributed by atoms with Gasteiger partial charge in [0.15, 0.2) is 0 Å². The fourth-order valence-electron chi connectivity index (χ4n) is 2.83. The third-order valence-electron chi connectivity index (χ3n) is 4.07. The Morgan fingerprint density at radius 1 is 1.20 bits per heavy atom. The van der Waals surface area contributed by atoms with E-state index in [1.165, 1.54) is 5.57 Å². The van der Waals surface area contributed by atoms with Crippen LogP contribution < -0.4 is 0 Å². The molecule has 0 radical (unpaired) electrons. The van der Waals surface area contributed by atoms with Crippen molar-refractivity contribution in [3.63, 3.8) is 0 Å². The quantitative estimate of drug-likeness (QED) is 0.785. The maximum atomic E-state index is 12.7. The van der Waals surface area contributed by atoms with Crippen LogP contribution in [0.3, 0.4) is 0 Å². The molecule has 0 spiro atoms. The molecule has 106 valence electrons. The molecule has 1 aliphatic carbocycles. The SMILES string of the molecule is Cc1ccc(S(=O)(=O)N2CCC3C=CCC=C3C2)cc1. The lowest BCUT2D eigenvalue weighted by Crippen LogP contribution is -2.39. The first kappa shape index (κ1) is 13.6. The number of hydrogen-bond donors (Lipinski definition) is 0. The van der Waals surface area contributed by atoms with Crippen LogP contribution >= 0.6 is 0 Å². The van der Waals surface area contributed by atoms with Crippen molar-refractivity contribution < 1.29 is 8.42 Å². The molecule has 1 aromatic rings. The van der Waals surface area contributed by atoms with Crippen molar-refractivity contribution in [3.8, 4) is 0 Å². The zero-order chi connectivity index (χ0) is 14.2. The van der Waals surface area contributed by atoms with Crippen molar-refractivity contribution in [2.75, 3.05) is 13.1 Å². The minimum Gasteiger partial charge on any atom is -0.207 e. The van der Waals surface area contributed by atoms with Gasteiger partial charge in [-0.3, -0.25) is 0 Å². The van der Waals surface area contributed by atoms with E-state index in [0.717, 1.165) is 18.4 Å². The Hall–Kier alpha value is -1.39. The smallest absolute Gasteiger partial charge is 0.207 e. The molecular formula is C16H19NO2S. The number of allylic oxidation sites excluding steroid dienone is 3. The van der Waals surface area contributed by atoms with Crippen LogP contribution in [0.4, 0.5) is 0 Å². The average molecular weight is 289 g/mol. The molecule has 0 bridgehead atoms. The average Bonchev–Trinajstić information content (AvgIpc) is 2.47. The summed E-state index contributed by atoms with van der Waals surface area (Å²) in [5, 5.41) is 0. The summed E-state index contributed by atoms with van der Waals surface area (Å²) in [5.74, 6) is 0.438. The van der Waals surface area contributed by atoms with Crippen molar-refractivity contribution in [1.29, 1.82) is 0 Å². The van der Waals surface area contributed by atoms with Crippen molar-refractivity contribution in [2.45, 2.75) is 24.7 Å². The molecular weight excluding hydrogens is 270 g/mol. The van der Waals surface area contributed by atoms with Gasteiger partial charge in [0.1, 0.15) is 0 Å². The Labute approximate surface area is 120 Å². The van der Waals surface area contributed by atoms with Gasteiger partial charge in [0.05, 0.1) is 4.90 Å². The van der Waals surface area contributed by atoms with E-state index in [9.17, 15) is 8.42 Å². The molecule has 1 heterocycles. The minimum absolute atomic E-state index is 0.397. The third kappa shape index (κ3) is 2.45. The molecule has 4 heteroatoms. The molecule has 1 aliphatic heterocycles. The fraction of sp³-hybridized carbons (Fsp3) is 0.375. The van der Waals surface area contributed by atoms with Gasteiger partial charge in [0.2, 0.25) is 10.0 Å². The largest absolute Gasteiger partial charge is 0.243 e. The maximum Gasteiger partial charge on any atom is 0.243 e. The molecule has 0 N–H and O–H groups in total. The molecule has 2 aliphatic rings. The molecule has 1 saturated heterocycles. The first-order valence-corrected chi connectivity index (χ1v) is 8.44. The molecule has 3 rings (SSSR count). The monoisotopic (exact) mass is 289 g/mol. The number of piperidine rings is 1. The highest BCUT2D eigenvalue weighted by Crippen LogP contribution is 2.30. The molecule has 3 nitrogen and oxygen atoms in total. The molecule has 1 atom stereocenters. The van der Waals surface area contributed by atoms with E-state index in [1.807, 2.05) is 19.1 Å². The van der Waals surface area contributed by atoms with Crippen molar-refractivity contribution in [1.82, 2.24) is 4.31 Å². The van der Waals surface area contributed by atoms with E-state index in [1.54, 1.807) is 16.4 Å². The van der Waals surface area contributed by atoms with Gasteiger partial charge in [-0.15, -0.1) is 0 Å². The van der Waals surface area contributed by atoms with Crippen molar-refractivity contribution >= 4 is 10.0 Å². The van der Waals surface area contributed by atoms with Gasteiger partial charge in [0, 0.05) is 19.0 Å². The molecule has 1 aromatic carbocycles. The zero-order valence-electron chi connectivity index (χ0n) is 11.6. The van der Waals surface area contributed by atoms with Crippen LogP contribution in [-0.2, 0) is 10.0 Å². The van der Waals surface area contributed by atoms with E-state index < -0.39 is 10.0 Å². The topological polar surface area (TPSA) is 37.4 Å². The van der Waals surface area contributed by atoms with Crippen LogP contribution in [0.2, 0.25) is 0 Å². The Kier molecular flexibility index (Phi) is 3.52. The number of hydrogen-bond acceptors (Lipinski definition) is 2. The van der Waals surface area contributed by atoms with Crippen LogP contribution in [0.1, 0.15) is 18.4 Å².